The fourth-order valence-electron chi connectivity index (χ4n) is 5.94. The summed E-state index contributed by atoms with van der Waals surface area (Å²) < 4.78 is 61.7. The predicted molar refractivity (Wildman–Crippen MR) is 131 cm³/mol. The van der Waals surface area contributed by atoms with E-state index in [1.54, 1.807) is 4.90 Å². The van der Waals surface area contributed by atoms with Crippen molar-refractivity contribution in [2.75, 3.05) is 26.3 Å². The van der Waals surface area contributed by atoms with E-state index in [1.165, 1.54) is 18.3 Å². The minimum absolute atomic E-state index is 0.0691. The van der Waals surface area contributed by atoms with Crippen LogP contribution in [-0.2, 0) is 17.6 Å². The summed E-state index contributed by atoms with van der Waals surface area (Å²) in [4.78, 5) is 22.4. The molecule has 7 nitrogen and oxygen atoms in total. The highest BCUT2D eigenvalue weighted by Gasteiger charge is 2.33. The zero-order valence-corrected chi connectivity index (χ0v) is 20.6. The predicted octanol–water partition coefficient (Wildman–Crippen LogP) is 4.47. The van der Waals surface area contributed by atoms with Crippen LogP contribution in [0.25, 0.3) is 11.0 Å². The molecule has 0 radical (unpaired) electrons. The molecule has 0 bridgehead atoms. The summed E-state index contributed by atoms with van der Waals surface area (Å²) in [5.74, 6) is -1.04. The molecule has 1 atom stereocenters. The summed E-state index contributed by atoms with van der Waals surface area (Å²) in [6.07, 6.45) is 0.326. The van der Waals surface area contributed by atoms with Crippen LogP contribution in [0, 0.1) is 5.82 Å². The zero-order chi connectivity index (χ0) is 26.4. The number of hydrogen-bond acceptors (Lipinski definition) is 5. The third-order valence-corrected chi connectivity index (χ3v) is 7.83. The van der Waals surface area contributed by atoms with E-state index in [4.69, 9.17) is 4.74 Å². The van der Waals surface area contributed by atoms with Crippen LogP contribution in [0.15, 0.2) is 30.5 Å². The number of carbonyl (C=O) groups is 1. The summed E-state index contributed by atoms with van der Waals surface area (Å²) in [6.45, 7) is 2.29. The third kappa shape index (κ3) is 4.96. The van der Waals surface area contributed by atoms with E-state index in [-0.39, 0.29) is 29.0 Å². The molecule has 38 heavy (non-hydrogen) atoms. The molecule has 2 N–H and O–H groups in total. The van der Waals surface area contributed by atoms with Gasteiger partial charge in [0.2, 0.25) is 0 Å². The molecule has 0 saturated carbocycles. The molecule has 1 aromatic carbocycles. The summed E-state index contributed by atoms with van der Waals surface area (Å²) in [5.41, 5.74) is 3.91. The van der Waals surface area contributed by atoms with E-state index in [2.05, 4.69) is 20.0 Å². The number of hydrogen-bond donors (Lipinski definition) is 2. The highest BCUT2D eigenvalue weighted by molar-refractivity contribution is 5.94. The lowest BCUT2D eigenvalue weighted by atomic mass is 9.84. The first-order valence-electron chi connectivity index (χ1n) is 12.9. The van der Waals surface area contributed by atoms with Gasteiger partial charge < -0.3 is 24.7 Å². The Morgan fingerprint density at radius 2 is 1.84 bits per heavy atom. The third-order valence-electron chi connectivity index (χ3n) is 7.83. The number of carbonyl (C=O) groups excluding carboxylic acids is 1. The van der Waals surface area contributed by atoms with Crippen molar-refractivity contribution in [2.45, 2.75) is 56.5 Å². The van der Waals surface area contributed by atoms with E-state index in [9.17, 15) is 18.0 Å². The zero-order valence-electron chi connectivity index (χ0n) is 20.6. The van der Waals surface area contributed by atoms with Crippen LogP contribution in [0.4, 0.5) is 17.6 Å². The van der Waals surface area contributed by atoms with Crippen LogP contribution in [0.1, 0.15) is 52.4 Å². The number of nitrogens with one attached hydrogen (secondary N) is 2. The summed E-state index contributed by atoms with van der Waals surface area (Å²) in [6, 6.07) is 5.59. The smallest absolute Gasteiger partial charge is 0.406 e. The Hall–Kier alpha value is -3.18. The second kappa shape index (κ2) is 9.85. The molecule has 0 spiro atoms. The number of halogens is 4. The van der Waals surface area contributed by atoms with Crippen molar-refractivity contribution < 1.29 is 31.8 Å². The number of rotatable bonds is 5. The topological polar surface area (TPSA) is 79.5 Å². The van der Waals surface area contributed by atoms with Gasteiger partial charge in [-0.2, -0.15) is 0 Å². The molecule has 2 aromatic heterocycles. The maximum absolute atomic E-state index is 15.3. The first-order valence-corrected chi connectivity index (χ1v) is 12.9. The number of likely N-dealkylation sites (tertiary alicyclic amines) is 1. The Morgan fingerprint density at radius 3 is 2.50 bits per heavy atom. The number of alkyl halides is 3. The van der Waals surface area contributed by atoms with Gasteiger partial charge in [0.05, 0.1) is 25.5 Å². The first kappa shape index (κ1) is 25.1. The highest BCUT2D eigenvalue weighted by Crippen LogP contribution is 2.39. The lowest BCUT2D eigenvalue weighted by Gasteiger charge is -2.34. The maximum Gasteiger partial charge on any atom is 0.573 e. The Morgan fingerprint density at radius 1 is 1.11 bits per heavy atom. The molecule has 3 aliphatic rings. The van der Waals surface area contributed by atoms with Gasteiger partial charge in [0.25, 0.3) is 5.91 Å². The summed E-state index contributed by atoms with van der Waals surface area (Å²) in [5, 5.41) is 4.53. The number of amides is 1. The van der Waals surface area contributed by atoms with Crippen LogP contribution in [0.2, 0.25) is 0 Å². The molecule has 3 aromatic rings. The lowest BCUT2D eigenvalue weighted by Crippen LogP contribution is -2.51. The quantitative estimate of drug-likeness (QED) is 0.475. The highest BCUT2D eigenvalue weighted by atomic mass is 19.4. The van der Waals surface area contributed by atoms with Gasteiger partial charge in [-0.3, -0.25) is 4.79 Å². The Kier molecular flexibility index (Phi) is 6.51. The van der Waals surface area contributed by atoms with Gasteiger partial charge in [0.15, 0.2) is 0 Å². The van der Waals surface area contributed by atoms with Gasteiger partial charge in [0, 0.05) is 41.3 Å². The molecule has 2 saturated heterocycles. The van der Waals surface area contributed by atoms with Crippen molar-refractivity contribution in [3.05, 3.63) is 58.7 Å². The van der Waals surface area contributed by atoms with Gasteiger partial charge in [-0.15, -0.1) is 13.2 Å². The average molecular weight is 533 g/mol. The van der Waals surface area contributed by atoms with E-state index in [0.717, 1.165) is 61.3 Å². The van der Waals surface area contributed by atoms with Crippen LogP contribution in [0.3, 0.4) is 0 Å². The van der Waals surface area contributed by atoms with Crippen molar-refractivity contribution in [3.8, 4) is 5.75 Å². The first-order chi connectivity index (χ1) is 18.2. The van der Waals surface area contributed by atoms with E-state index < -0.39 is 6.36 Å². The number of aromatic amines is 1. The second-order valence-electron chi connectivity index (χ2n) is 10.3. The molecule has 4 heterocycles. The van der Waals surface area contributed by atoms with Crippen molar-refractivity contribution in [2.24, 2.45) is 0 Å². The van der Waals surface area contributed by atoms with Crippen LogP contribution in [-0.4, -0.2) is 65.5 Å². The largest absolute Gasteiger partial charge is 0.573 e. The van der Waals surface area contributed by atoms with E-state index in [0.29, 0.717) is 49.2 Å². The van der Waals surface area contributed by atoms with Gasteiger partial charge in [-0.25, -0.2) is 9.37 Å². The van der Waals surface area contributed by atoms with Crippen LogP contribution < -0.4 is 10.1 Å². The number of aryl methyl sites for hydroxylation is 1. The normalized spacial score (nSPS) is 20.8. The minimum Gasteiger partial charge on any atom is -0.406 e. The average Bonchev–Trinajstić information content (AvgIpc) is 3.23. The second-order valence-corrected chi connectivity index (χ2v) is 10.3. The number of ether oxygens (including phenoxy) is 2. The Labute approximate surface area is 216 Å². The Balaban J connectivity index is 1.17. The summed E-state index contributed by atoms with van der Waals surface area (Å²) in [7, 11) is 0. The lowest BCUT2D eigenvalue weighted by molar-refractivity contribution is -0.274. The van der Waals surface area contributed by atoms with Crippen molar-refractivity contribution in [3.63, 3.8) is 0 Å². The monoisotopic (exact) mass is 532 g/mol. The van der Waals surface area contributed by atoms with E-state index >= 15 is 4.39 Å². The molecule has 1 amide bonds. The van der Waals surface area contributed by atoms with Gasteiger partial charge in [-0.1, -0.05) is 0 Å². The van der Waals surface area contributed by atoms with Crippen molar-refractivity contribution in [1.82, 2.24) is 20.2 Å². The molecule has 11 heteroatoms. The van der Waals surface area contributed by atoms with Gasteiger partial charge in [0.1, 0.15) is 17.2 Å². The maximum atomic E-state index is 15.3. The van der Waals surface area contributed by atoms with Gasteiger partial charge in [-0.05, 0) is 67.9 Å². The molecule has 2 aliphatic heterocycles. The number of benzene rings is 1. The van der Waals surface area contributed by atoms with Crippen LogP contribution >= 0.6 is 0 Å². The van der Waals surface area contributed by atoms with E-state index in [1.807, 2.05) is 0 Å². The fraction of sp³-hybridized carbons (Fsp3) is 0.481. The molecular formula is C27H28F4N4O3. The molecule has 2 fully saturated rings. The van der Waals surface area contributed by atoms with Gasteiger partial charge >= 0.3 is 6.36 Å². The minimum atomic E-state index is -4.79. The molecule has 1 aliphatic carbocycles. The number of piperidine rings is 1. The molecule has 6 rings (SSSR count). The molecular weight excluding hydrogens is 504 g/mol. The number of fused-ring (bicyclic) bond motifs is 3. The Bertz CT molecular complexity index is 1330. The number of H-pyrrole nitrogens is 1. The van der Waals surface area contributed by atoms with Crippen molar-refractivity contribution in [1.29, 1.82) is 0 Å². The van der Waals surface area contributed by atoms with Crippen molar-refractivity contribution >= 4 is 16.9 Å². The number of nitrogens with zero attached hydrogens (tertiary/aromatic N) is 2. The fourth-order valence-corrected chi connectivity index (χ4v) is 5.94. The molecule has 0 unspecified atom stereocenters. The standard InChI is InChI=1S/C27H28F4N4O3/c28-21-12-32-25-24(20-11-17(3-6-22(20)34-25)33-18-13-37-14-18)23(21)15-7-9-35(10-8-15)26(36)16-1-4-19(5-2-16)38-27(29,30)31/h1-2,4-5,12,15,17-18,33H,3,6-11,13-14H2,(H,32,34)/t17-/m0/s1. The SMILES string of the molecule is O=C(c1ccc(OC(F)(F)F)cc1)N1CCC(c2c(F)cnc3[nH]c4c(c23)C[C@@H](NC2COC2)CC4)CC1. The number of aromatic nitrogens is 2. The summed E-state index contributed by atoms with van der Waals surface area (Å²) >= 11 is 0. The van der Waals surface area contributed by atoms with Crippen LogP contribution in [0.5, 0.6) is 5.75 Å². The number of pyridine rings is 1. The molecule has 202 valence electrons.